The lowest BCUT2D eigenvalue weighted by molar-refractivity contribution is -0.143. The molecule has 18 heavy (non-hydrogen) atoms. The maximum atomic E-state index is 11.9. The monoisotopic (exact) mass is 257 g/mol. The standard InChI is InChI=1S/C10H15N3O5/c1-3-18-8(14)5-13-9(15)7(11)4-12(6-17-2)10(13)16/h4H,3,5-6,11H2,1-2H3. The molecular formula is C10H15N3O5. The summed E-state index contributed by atoms with van der Waals surface area (Å²) >= 11 is 0. The number of methoxy groups -OCH3 is 1. The summed E-state index contributed by atoms with van der Waals surface area (Å²) in [6.45, 7) is 1.26. The highest BCUT2D eigenvalue weighted by atomic mass is 16.5. The molecule has 0 atom stereocenters. The van der Waals surface area contributed by atoms with E-state index in [9.17, 15) is 14.4 Å². The number of hydrogen-bond donors (Lipinski definition) is 1. The van der Waals surface area contributed by atoms with E-state index >= 15 is 0 Å². The van der Waals surface area contributed by atoms with Crippen LogP contribution in [0.25, 0.3) is 0 Å². The molecule has 0 bridgehead atoms. The third-order valence-electron chi connectivity index (χ3n) is 2.12. The van der Waals surface area contributed by atoms with Gasteiger partial charge in [0.2, 0.25) is 0 Å². The Morgan fingerprint density at radius 1 is 1.44 bits per heavy atom. The Balaban J connectivity index is 3.21. The average Bonchev–Trinajstić information content (AvgIpc) is 2.32. The van der Waals surface area contributed by atoms with Crippen molar-refractivity contribution in [3.63, 3.8) is 0 Å². The molecule has 1 aromatic rings. The van der Waals surface area contributed by atoms with E-state index in [-0.39, 0.29) is 19.0 Å². The zero-order valence-corrected chi connectivity index (χ0v) is 10.2. The van der Waals surface area contributed by atoms with Crippen molar-refractivity contribution in [2.45, 2.75) is 20.2 Å². The fourth-order valence-electron chi connectivity index (χ4n) is 1.38. The number of carbonyl (C=O) groups excluding carboxylic acids is 1. The van der Waals surface area contributed by atoms with E-state index in [0.717, 1.165) is 4.57 Å². The summed E-state index contributed by atoms with van der Waals surface area (Å²) in [7, 11) is 1.39. The van der Waals surface area contributed by atoms with E-state index in [1.165, 1.54) is 13.3 Å². The molecule has 0 aliphatic rings. The Labute approximate surface area is 103 Å². The number of ether oxygens (including phenoxy) is 2. The number of anilines is 1. The van der Waals surface area contributed by atoms with Gasteiger partial charge in [-0.25, -0.2) is 9.36 Å². The number of aromatic nitrogens is 2. The predicted molar refractivity (Wildman–Crippen MR) is 63.0 cm³/mol. The molecule has 0 aliphatic heterocycles. The summed E-state index contributed by atoms with van der Waals surface area (Å²) in [4.78, 5) is 34.8. The molecule has 8 heteroatoms. The molecule has 0 fully saturated rings. The molecule has 0 aromatic carbocycles. The predicted octanol–water partition coefficient (Wildman–Crippen LogP) is -1.24. The zero-order chi connectivity index (χ0) is 13.7. The Morgan fingerprint density at radius 3 is 2.67 bits per heavy atom. The molecule has 0 amide bonds. The van der Waals surface area contributed by atoms with E-state index < -0.39 is 23.8 Å². The van der Waals surface area contributed by atoms with Crippen LogP contribution >= 0.6 is 0 Å². The van der Waals surface area contributed by atoms with Crippen molar-refractivity contribution in [1.82, 2.24) is 9.13 Å². The second-order valence-electron chi connectivity index (χ2n) is 3.45. The minimum Gasteiger partial charge on any atom is -0.465 e. The topological polar surface area (TPSA) is 106 Å². The first-order chi connectivity index (χ1) is 8.51. The number of hydrogen-bond acceptors (Lipinski definition) is 6. The van der Waals surface area contributed by atoms with E-state index in [1.807, 2.05) is 0 Å². The molecule has 2 N–H and O–H groups in total. The second kappa shape index (κ2) is 6.01. The molecule has 0 aliphatic carbocycles. The Bertz CT molecular complexity index is 545. The van der Waals surface area contributed by atoms with Crippen molar-refractivity contribution in [3.8, 4) is 0 Å². The van der Waals surface area contributed by atoms with Crippen molar-refractivity contribution in [2.75, 3.05) is 19.5 Å². The second-order valence-corrected chi connectivity index (χ2v) is 3.45. The van der Waals surface area contributed by atoms with E-state index in [2.05, 4.69) is 4.74 Å². The number of esters is 1. The van der Waals surface area contributed by atoms with Crippen LogP contribution in [0.2, 0.25) is 0 Å². The highest BCUT2D eigenvalue weighted by Crippen LogP contribution is 1.91. The number of nitrogens with two attached hydrogens (primary N) is 1. The SMILES string of the molecule is CCOC(=O)Cn1c(=O)c(N)cn(COC)c1=O. The van der Waals surface area contributed by atoms with E-state index in [1.54, 1.807) is 6.92 Å². The highest BCUT2D eigenvalue weighted by molar-refractivity contribution is 5.69. The number of rotatable bonds is 5. The summed E-state index contributed by atoms with van der Waals surface area (Å²) in [6.07, 6.45) is 1.18. The van der Waals surface area contributed by atoms with Crippen LogP contribution in [0, 0.1) is 0 Å². The van der Waals surface area contributed by atoms with Gasteiger partial charge in [-0.15, -0.1) is 0 Å². The lowest BCUT2D eigenvalue weighted by Crippen LogP contribution is -2.42. The lowest BCUT2D eigenvalue weighted by atomic mass is 10.5. The summed E-state index contributed by atoms with van der Waals surface area (Å²) in [5.41, 5.74) is 3.93. The van der Waals surface area contributed by atoms with Gasteiger partial charge in [-0.3, -0.25) is 14.2 Å². The molecule has 0 saturated carbocycles. The van der Waals surface area contributed by atoms with Gasteiger partial charge in [0.05, 0.1) is 6.61 Å². The highest BCUT2D eigenvalue weighted by Gasteiger charge is 2.13. The van der Waals surface area contributed by atoms with Crippen LogP contribution < -0.4 is 17.0 Å². The van der Waals surface area contributed by atoms with E-state index in [0.29, 0.717) is 4.57 Å². The van der Waals surface area contributed by atoms with Crippen LogP contribution in [-0.4, -0.2) is 28.8 Å². The maximum Gasteiger partial charge on any atom is 0.333 e. The quantitative estimate of drug-likeness (QED) is 0.661. The molecule has 100 valence electrons. The smallest absolute Gasteiger partial charge is 0.333 e. The molecule has 1 heterocycles. The van der Waals surface area contributed by atoms with Gasteiger partial charge in [-0.05, 0) is 6.92 Å². The maximum absolute atomic E-state index is 11.9. The fourth-order valence-corrected chi connectivity index (χ4v) is 1.38. The molecule has 0 saturated heterocycles. The van der Waals surface area contributed by atoms with Gasteiger partial charge in [-0.1, -0.05) is 0 Å². The van der Waals surface area contributed by atoms with E-state index in [4.69, 9.17) is 10.5 Å². The van der Waals surface area contributed by atoms with Gasteiger partial charge in [0.15, 0.2) is 0 Å². The first kappa shape index (κ1) is 14.0. The van der Waals surface area contributed by atoms with Crippen molar-refractivity contribution in [2.24, 2.45) is 0 Å². The first-order valence-electron chi connectivity index (χ1n) is 5.25. The minimum absolute atomic E-state index is 0.0634. The van der Waals surface area contributed by atoms with Crippen molar-refractivity contribution >= 4 is 11.7 Å². The number of carbonyl (C=O) groups is 1. The third-order valence-corrected chi connectivity index (χ3v) is 2.12. The summed E-state index contributed by atoms with van der Waals surface area (Å²) in [6, 6.07) is 0. The van der Waals surface area contributed by atoms with Gasteiger partial charge in [-0.2, -0.15) is 0 Å². The van der Waals surface area contributed by atoms with Crippen LogP contribution in [0.4, 0.5) is 5.69 Å². The molecule has 0 spiro atoms. The summed E-state index contributed by atoms with van der Waals surface area (Å²) in [5.74, 6) is -0.675. The Morgan fingerprint density at radius 2 is 2.11 bits per heavy atom. The number of nitrogens with zero attached hydrogens (tertiary/aromatic N) is 2. The average molecular weight is 257 g/mol. The van der Waals surface area contributed by atoms with Gasteiger partial charge in [0.25, 0.3) is 5.56 Å². The van der Waals surface area contributed by atoms with Crippen molar-refractivity contribution < 1.29 is 14.3 Å². The van der Waals surface area contributed by atoms with Gasteiger partial charge in [0, 0.05) is 13.3 Å². The first-order valence-corrected chi connectivity index (χ1v) is 5.25. The molecule has 8 nitrogen and oxygen atoms in total. The van der Waals surface area contributed by atoms with Gasteiger partial charge in [0.1, 0.15) is 19.0 Å². The van der Waals surface area contributed by atoms with Crippen LogP contribution in [-0.2, 0) is 27.5 Å². The minimum atomic E-state index is -0.722. The third kappa shape index (κ3) is 2.98. The zero-order valence-electron chi connectivity index (χ0n) is 10.2. The largest absolute Gasteiger partial charge is 0.465 e. The van der Waals surface area contributed by atoms with Crippen LogP contribution in [0.15, 0.2) is 15.8 Å². The Kier molecular flexibility index (Phi) is 4.67. The normalized spacial score (nSPS) is 10.3. The van der Waals surface area contributed by atoms with Crippen LogP contribution in [0.3, 0.4) is 0 Å². The van der Waals surface area contributed by atoms with Crippen molar-refractivity contribution in [1.29, 1.82) is 0 Å². The molecule has 1 rings (SSSR count). The van der Waals surface area contributed by atoms with Gasteiger partial charge < -0.3 is 15.2 Å². The van der Waals surface area contributed by atoms with Crippen molar-refractivity contribution in [3.05, 3.63) is 27.0 Å². The lowest BCUT2D eigenvalue weighted by Gasteiger charge is -2.10. The molecule has 0 radical (unpaired) electrons. The van der Waals surface area contributed by atoms with Crippen LogP contribution in [0.5, 0.6) is 0 Å². The Hall–Kier alpha value is -2.09. The molecular weight excluding hydrogens is 242 g/mol. The number of nitrogen functional groups attached to an aromatic ring is 1. The fraction of sp³-hybridized carbons (Fsp3) is 0.500. The van der Waals surface area contributed by atoms with Crippen LogP contribution in [0.1, 0.15) is 6.92 Å². The summed E-state index contributed by atoms with van der Waals surface area (Å²) in [5, 5.41) is 0. The van der Waals surface area contributed by atoms with Gasteiger partial charge >= 0.3 is 11.7 Å². The molecule has 1 aromatic heterocycles. The summed E-state index contributed by atoms with van der Waals surface area (Å²) < 4.78 is 11.3. The molecule has 0 unspecified atom stereocenters.